The van der Waals surface area contributed by atoms with Gasteiger partial charge in [-0.3, -0.25) is 9.80 Å². The zero-order chi connectivity index (χ0) is 17.1. The first kappa shape index (κ1) is 19.7. The zero-order valence-electron chi connectivity index (χ0n) is 13.8. The number of carbonyl (C=O) groups is 1. The summed E-state index contributed by atoms with van der Waals surface area (Å²) in [7, 11) is -5.17. The first-order valence-corrected chi connectivity index (χ1v) is 12.3. The molecule has 0 saturated carbocycles. The number of hydrogen-bond acceptors (Lipinski definition) is 5. The van der Waals surface area contributed by atoms with Gasteiger partial charge in [-0.1, -0.05) is 27.7 Å². The minimum absolute atomic E-state index is 0.0594. The lowest BCUT2D eigenvalue weighted by molar-refractivity contribution is -0.0588. The summed E-state index contributed by atoms with van der Waals surface area (Å²) in [6, 6.07) is -0.593. The second kappa shape index (κ2) is 7.48. The second-order valence-corrected chi connectivity index (χ2v) is 13.0. The van der Waals surface area contributed by atoms with Gasteiger partial charge >= 0.3 is 6.03 Å². The average Bonchev–Trinajstić information content (AvgIpc) is 2.72. The Morgan fingerprint density at radius 1 is 0.818 bits per heavy atom. The molecule has 2 N–H and O–H groups in total. The number of aliphatic hydroxyl groups excluding tert-OH is 2. The highest BCUT2D eigenvalue weighted by Gasteiger charge is 2.47. The van der Waals surface area contributed by atoms with Crippen LogP contribution in [0.2, 0.25) is 0 Å². The van der Waals surface area contributed by atoms with E-state index in [1.807, 2.05) is 0 Å². The fraction of sp³-hybridized carbons (Fsp3) is 0.923. The normalized spacial score (nSPS) is 23.5. The molecule has 2 amide bonds. The van der Waals surface area contributed by atoms with Gasteiger partial charge in [0, 0.05) is 0 Å². The van der Waals surface area contributed by atoms with Gasteiger partial charge in [0.2, 0.25) is 0 Å². The van der Waals surface area contributed by atoms with Crippen molar-refractivity contribution in [3.8, 4) is 0 Å². The molecule has 9 heteroatoms. The van der Waals surface area contributed by atoms with Crippen molar-refractivity contribution in [1.82, 2.24) is 9.80 Å². The number of nitrogens with zero attached hydrogens (tertiary/aromatic N) is 2. The Labute approximate surface area is 132 Å². The van der Waals surface area contributed by atoms with Crippen LogP contribution in [-0.4, -0.2) is 75.7 Å². The van der Waals surface area contributed by atoms with Gasteiger partial charge in [-0.2, -0.15) is 0 Å². The predicted octanol–water partition coefficient (Wildman–Crippen LogP) is 2.08. The van der Waals surface area contributed by atoms with E-state index >= 15 is 0 Å². The third-order valence-corrected chi connectivity index (χ3v) is 10.8. The summed E-state index contributed by atoms with van der Waals surface area (Å²) in [6.45, 7) is 7.14. The van der Waals surface area contributed by atoms with Gasteiger partial charge in [0.05, 0.1) is 12.6 Å². The lowest BCUT2D eigenvalue weighted by Gasteiger charge is -2.25. The van der Waals surface area contributed by atoms with E-state index in [4.69, 9.17) is 0 Å². The standard InChI is InChI=1S/C13H28N2O5P2/c1-5-21(19,6-2)9-14-11(16)12(17)15(13(14)18)10-22(20,7-3)8-4/h11-12,16-17H,5-10H2,1-4H3. The molecule has 1 fully saturated rings. The lowest BCUT2D eigenvalue weighted by Crippen LogP contribution is -2.37. The molecule has 0 bridgehead atoms. The highest BCUT2D eigenvalue weighted by Crippen LogP contribution is 2.49. The molecule has 0 aromatic heterocycles. The minimum Gasteiger partial charge on any atom is -0.369 e. The molecule has 1 aliphatic rings. The maximum atomic E-state index is 12.5. The lowest BCUT2D eigenvalue weighted by atomic mass is 10.5. The van der Waals surface area contributed by atoms with E-state index in [2.05, 4.69) is 0 Å². The van der Waals surface area contributed by atoms with Gasteiger partial charge in [0.1, 0.15) is 14.3 Å². The maximum Gasteiger partial charge on any atom is 0.325 e. The van der Waals surface area contributed by atoms with E-state index < -0.39 is 32.8 Å². The summed E-state index contributed by atoms with van der Waals surface area (Å²) in [6.07, 6.45) is -1.26. The summed E-state index contributed by atoms with van der Waals surface area (Å²) in [4.78, 5) is 14.5. The molecule has 1 rings (SSSR count). The largest absolute Gasteiger partial charge is 0.369 e. The van der Waals surface area contributed by atoms with Crippen molar-refractivity contribution >= 4 is 20.3 Å². The molecule has 0 aromatic rings. The Hall–Kier alpha value is -0.350. The molecular formula is C13H28N2O5P2. The Morgan fingerprint density at radius 3 is 1.32 bits per heavy atom. The van der Waals surface area contributed by atoms with Crippen LogP contribution in [0.1, 0.15) is 27.7 Å². The molecule has 7 nitrogen and oxygen atoms in total. The molecule has 1 aliphatic heterocycles. The van der Waals surface area contributed by atoms with Crippen molar-refractivity contribution in [2.45, 2.75) is 40.2 Å². The highest BCUT2D eigenvalue weighted by atomic mass is 31.2. The summed E-state index contributed by atoms with van der Waals surface area (Å²) in [5, 5.41) is 20.2. The second-order valence-electron chi connectivity index (χ2n) is 5.71. The number of urea groups is 1. The van der Waals surface area contributed by atoms with Crippen LogP contribution in [0.15, 0.2) is 0 Å². The van der Waals surface area contributed by atoms with E-state index in [0.29, 0.717) is 24.6 Å². The monoisotopic (exact) mass is 354 g/mol. The minimum atomic E-state index is -2.58. The number of amides is 2. The van der Waals surface area contributed by atoms with Gasteiger partial charge in [-0.15, -0.1) is 0 Å². The van der Waals surface area contributed by atoms with Crippen molar-refractivity contribution in [2.75, 3.05) is 37.2 Å². The number of rotatable bonds is 8. The molecule has 1 heterocycles. The first-order chi connectivity index (χ1) is 10.2. The summed E-state index contributed by atoms with van der Waals surface area (Å²) in [5.41, 5.74) is 0. The first-order valence-electron chi connectivity index (χ1n) is 7.74. The molecule has 0 spiro atoms. The summed E-state index contributed by atoms with van der Waals surface area (Å²) < 4.78 is 25.1. The molecule has 0 radical (unpaired) electrons. The van der Waals surface area contributed by atoms with Gasteiger partial charge < -0.3 is 19.3 Å². The van der Waals surface area contributed by atoms with Crippen molar-refractivity contribution in [3.05, 3.63) is 0 Å². The van der Waals surface area contributed by atoms with Crippen LogP contribution in [-0.2, 0) is 9.13 Å². The Bertz CT molecular complexity index is 441. The van der Waals surface area contributed by atoms with Gasteiger partial charge in [0.25, 0.3) is 0 Å². The topological polar surface area (TPSA) is 98.2 Å². The van der Waals surface area contributed by atoms with E-state index in [-0.39, 0.29) is 12.6 Å². The molecule has 2 unspecified atom stereocenters. The number of carbonyl (C=O) groups excluding carboxylic acids is 1. The Balaban J connectivity index is 2.96. The van der Waals surface area contributed by atoms with E-state index in [0.717, 1.165) is 9.80 Å². The van der Waals surface area contributed by atoms with Crippen molar-refractivity contribution in [2.24, 2.45) is 0 Å². The number of hydrogen-bond donors (Lipinski definition) is 2. The quantitative estimate of drug-likeness (QED) is 0.651. The molecular weight excluding hydrogens is 326 g/mol. The fourth-order valence-electron chi connectivity index (χ4n) is 2.40. The SMILES string of the molecule is CCP(=O)(CC)CN1C(=O)N(CP(=O)(CC)CC)C(O)C1O. The maximum absolute atomic E-state index is 12.5. The molecule has 2 atom stereocenters. The molecule has 130 valence electrons. The third kappa shape index (κ3) is 3.94. The molecule has 22 heavy (non-hydrogen) atoms. The van der Waals surface area contributed by atoms with Crippen molar-refractivity contribution in [1.29, 1.82) is 0 Å². The van der Waals surface area contributed by atoms with Crippen LogP contribution in [0.3, 0.4) is 0 Å². The van der Waals surface area contributed by atoms with E-state index in [1.54, 1.807) is 27.7 Å². The Kier molecular flexibility index (Phi) is 6.70. The highest BCUT2D eigenvalue weighted by molar-refractivity contribution is 7.64. The van der Waals surface area contributed by atoms with Crippen LogP contribution >= 0.6 is 14.3 Å². The molecule has 0 aromatic carbocycles. The predicted molar refractivity (Wildman–Crippen MR) is 88.2 cm³/mol. The van der Waals surface area contributed by atoms with Gasteiger partial charge in [0.15, 0.2) is 12.5 Å². The average molecular weight is 354 g/mol. The third-order valence-electron chi connectivity index (χ3n) is 4.52. The molecule has 1 saturated heterocycles. The van der Waals surface area contributed by atoms with Gasteiger partial charge in [-0.05, 0) is 24.6 Å². The van der Waals surface area contributed by atoms with Crippen LogP contribution < -0.4 is 0 Å². The van der Waals surface area contributed by atoms with Crippen LogP contribution in [0, 0.1) is 0 Å². The number of aliphatic hydroxyl groups is 2. The van der Waals surface area contributed by atoms with E-state index in [1.165, 1.54) is 0 Å². The van der Waals surface area contributed by atoms with Crippen LogP contribution in [0.4, 0.5) is 4.79 Å². The van der Waals surface area contributed by atoms with Crippen molar-refractivity contribution < 1.29 is 24.1 Å². The van der Waals surface area contributed by atoms with Crippen LogP contribution in [0.5, 0.6) is 0 Å². The fourth-order valence-corrected chi connectivity index (χ4v) is 5.79. The van der Waals surface area contributed by atoms with Crippen LogP contribution in [0.25, 0.3) is 0 Å². The van der Waals surface area contributed by atoms with E-state index in [9.17, 15) is 24.1 Å². The van der Waals surface area contributed by atoms with Gasteiger partial charge in [-0.25, -0.2) is 4.79 Å². The molecule has 0 aliphatic carbocycles. The summed E-state index contributed by atoms with van der Waals surface area (Å²) in [5.74, 6) is 0. The summed E-state index contributed by atoms with van der Waals surface area (Å²) >= 11 is 0. The Morgan fingerprint density at radius 2 is 1.09 bits per heavy atom. The zero-order valence-corrected chi connectivity index (χ0v) is 15.6. The smallest absolute Gasteiger partial charge is 0.325 e. The van der Waals surface area contributed by atoms with Crippen molar-refractivity contribution in [3.63, 3.8) is 0 Å².